The van der Waals surface area contributed by atoms with E-state index in [0.29, 0.717) is 0 Å². The Balaban J connectivity index is 1.65. The van der Waals surface area contributed by atoms with Crippen LogP contribution >= 0.6 is 0 Å². The molecule has 3 rings (SSSR count). The molecule has 0 bridgehead atoms. The second-order valence-corrected chi connectivity index (χ2v) is 7.42. The molecule has 0 radical (unpaired) electrons. The molecule has 2 aliphatic rings. The van der Waals surface area contributed by atoms with E-state index in [1.54, 1.807) is 5.57 Å². The first-order valence-corrected chi connectivity index (χ1v) is 9.07. The zero-order chi connectivity index (χ0) is 15.5. The zero-order valence-electron chi connectivity index (χ0n) is 14.3. The minimum atomic E-state index is 0.792. The summed E-state index contributed by atoms with van der Waals surface area (Å²) >= 11 is 0. The fourth-order valence-corrected chi connectivity index (χ4v) is 4.48. The topological polar surface area (TPSA) is 0 Å². The van der Waals surface area contributed by atoms with Gasteiger partial charge in [-0.1, -0.05) is 30.4 Å². The van der Waals surface area contributed by atoms with Crippen molar-refractivity contribution in [3.63, 3.8) is 0 Å². The maximum Gasteiger partial charge on any atom is -0.0196 e. The fourth-order valence-electron chi connectivity index (χ4n) is 4.48. The van der Waals surface area contributed by atoms with Gasteiger partial charge >= 0.3 is 0 Å². The summed E-state index contributed by atoms with van der Waals surface area (Å²) < 4.78 is 0. The number of rotatable bonds is 3. The number of aryl methyl sites for hydroxylation is 1. The van der Waals surface area contributed by atoms with E-state index in [4.69, 9.17) is 0 Å². The molecule has 1 aromatic rings. The summed E-state index contributed by atoms with van der Waals surface area (Å²) in [5.74, 6) is 2.69. The van der Waals surface area contributed by atoms with Gasteiger partial charge in [0, 0.05) is 0 Å². The SMILES string of the molecule is C=CC1CCC(C2CC=C(c3cccc(C)c3C)CC2)CC1. The lowest BCUT2D eigenvalue weighted by Gasteiger charge is -2.35. The van der Waals surface area contributed by atoms with Gasteiger partial charge in [-0.25, -0.2) is 0 Å². The van der Waals surface area contributed by atoms with Crippen LogP contribution in [0.5, 0.6) is 0 Å². The third kappa shape index (κ3) is 3.21. The molecule has 1 unspecified atom stereocenters. The Kier molecular flexibility index (Phi) is 4.86. The van der Waals surface area contributed by atoms with Gasteiger partial charge in [-0.3, -0.25) is 0 Å². The first kappa shape index (κ1) is 15.6. The van der Waals surface area contributed by atoms with Gasteiger partial charge in [0.1, 0.15) is 0 Å². The van der Waals surface area contributed by atoms with Crippen LogP contribution in [0, 0.1) is 31.6 Å². The molecule has 0 amide bonds. The van der Waals surface area contributed by atoms with E-state index in [0.717, 1.165) is 17.8 Å². The zero-order valence-corrected chi connectivity index (χ0v) is 14.3. The molecule has 0 saturated heterocycles. The van der Waals surface area contributed by atoms with Crippen LogP contribution < -0.4 is 0 Å². The standard InChI is InChI=1S/C22H30/c1-4-18-8-10-19(11-9-18)20-12-14-21(15-13-20)22-7-5-6-16(2)17(22)3/h4-7,14,18-20H,1,8-13,15H2,2-3H3. The lowest BCUT2D eigenvalue weighted by molar-refractivity contribution is 0.212. The predicted molar refractivity (Wildman–Crippen MR) is 96.9 cm³/mol. The molecule has 0 spiro atoms. The summed E-state index contributed by atoms with van der Waals surface area (Å²) in [7, 11) is 0. The van der Waals surface area contributed by atoms with Gasteiger partial charge in [-0.2, -0.15) is 0 Å². The van der Waals surface area contributed by atoms with E-state index in [-0.39, 0.29) is 0 Å². The Hall–Kier alpha value is -1.30. The summed E-state index contributed by atoms with van der Waals surface area (Å²) in [6.45, 7) is 8.47. The maximum atomic E-state index is 3.97. The monoisotopic (exact) mass is 294 g/mol. The Morgan fingerprint density at radius 1 is 1.00 bits per heavy atom. The first-order valence-electron chi connectivity index (χ1n) is 9.07. The summed E-state index contributed by atoms with van der Waals surface area (Å²) in [6.07, 6.45) is 14.3. The van der Waals surface area contributed by atoms with Crippen LogP contribution in [-0.4, -0.2) is 0 Å². The van der Waals surface area contributed by atoms with E-state index in [2.05, 4.69) is 50.8 Å². The molecular weight excluding hydrogens is 264 g/mol. The molecule has 0 heteroatoms. The average Bonchev–Trinajstić information content (AvgIpc) is 2.58. The smallest absolute Gasteiger partial charge is 0.0196 e. The van der Waals surface area contributed by atoms with Crippen LogP contribution in [0.3, 0.4) is 0 Å². The Bertz CT molecular complexity index is 555. The molecule has 0 aromatic heterocycles. The van der Waals surface area contributed by atoms with Crippen molar-refractivity contribution in [3.8, 4) is 0 Å². The van der Waals surface area contributed by atoms with Gasteiger partial charge in [-0.05, 0) is 98.8 Å². The molecule has 118 valence electrons. The minimum Gasteiger partial charge on any atom is -0.103 e. The van der Waals surface area contributed by atoms with Crippen LogP contribution in [0.25, 0.3) is 5.57 Å². The highest BCUT2D eigenvalue weighted by Crippen LogP contribution is 2.41. The van der Waals surface area contributed by atoms with Crippen LogP contribution in [-0.2, 0) is 0 Å². The van der Waals surface area contributed by atoms with Crippen molar-refractivity contribution in [1.29, 1.82) is 0 Å². The quantitative estimate of drug-likeness (QED) is 0.560. The van der Waals surface area contributed by atoms with Crippen LogP contribution in [0.15, 0.2) is 36.9 Å². The van der Waals surface area contributed by atoms with Gasteiger partial charge < -0.3 is 0 Å². The molecule has 0 nitrogen and oxygen atoms in total. The van der Waals surface area contributed by atoms with E-state index in [1.807, 2.05) is 0 Å². The van der Waals surface area contributed by atoms with E-state index in [9.17, 15) is 0 Å². The van der Waals surface area contributed by atoms with Crippen molar-refractivity contribution in [1.82, 2.24) is 0 Å². The summed E-state index contributed by atoms with van der Waals surface area (Å²) in [5, 5.41) is 0. The molecule has 0 N–H and O–H groups in total. The van der Waals surface area contributed by atoms with Gasteiger partial charge in [0.2, 0.25) is 0 Å². The summed E-state index contributed by atoms with van der Waals surface area (Å²) in [6, 6.07) is 6.74. The van der Waals surface area contributed by atoms with Crippen LogP contribution in [0.1, 0.15) is 61.6 Å². The van der Waals surface area contributed by atoms with Crippen molar-refractivity contribution in [3.05, 3.63) is 53.6 Å². The second kappa shape index (κ2) is 6.86. The molecule has 0 aliphatic heterocycles. The highest BCUT2D eigenvalue weighted by Gasteiger charge is 2.28. The van der Waals surface area contributed by atoms with Crippen molar-refractivity contribution in [2.45, 2.75) is 58.8 Å². The Labute approximate surface area is 136 Å². The molecule has 1 saturated carbocycles. The molecule has 22 heavy (non-hydrogen) atoms. The average molecular weight is 294 g/mol. The van der Waals surface area contributed by atoms with Crippen LogP contribution in [0.4, 0.5) is 0 Å². The minimum absolute atomic E-state index is 0.792. The van der Waals surface area contributed by atoms with Gasteiger partial charge in [0.25, 0.3) is 0 Å². The van der Waals surface area contributed by atoms with Gasteiger partial charge in [0.15, 0.2) is 0 Å². The van der Waals surface area contributed by atoms with Crippen molar-refractivity contribution in [2.75, 3.05) is 0 Å². The van der Waals surface area contributed by atoms with E-state index >= 15 is 0 Å². The normalized spacial score (nSPS) is 29.0. The lowest BCUT2D eigenvalue weighted by atomic mass is 9.71. The Morgan fingerprint density at radius 2 is 1.77 bits per heavy atom. The van der Waals surface area contributed by atoms with Crippen molar-refractivity contribution < 1.29 is 0 Å². The first-order chi connectivity index (χ1) is 10.7. The van der Waals surface area contributed by atoms with Crippen molar-refractivity contribution in [2.24, 2.45) is 17.8 Å². The molecule has 1 fully saturated rings. The molecule has 2 aliphatic carbocycles. The van der Waals surface area contributed by atoms with Gasteiger partial charge in [-0.15, -0.1) is 6.58 Å². The third-order valence-corrected chi connectivity index (χ3v) is 6.22. The predicted octanol–water partition coefficient (Wildman–Crippen LogP) is 6.48. The highest BCUT2D eigenvalue weighted by atomic mass is 14.3. The van der Waals surface area contributed by atoms with E-state index in [1.165, 1.54) is 61.6 Å². The third-order valence-electron chi connectivity index (χ3n) is 6.22. The largest absolute Gasteiger partial charge is 0.103 e. The number of hydrogen-bond acceptors (Lipinski definition) is 0. The second-order valence-electron chi connectivity index (χ2n) is 7.42. The fraction of sp³-hybridized carbons (Fsp3) is 0.545. The van der Waals surface area contributed by atoms with Crippen LogP contribution in [0.2, 0.25) is 0 Å². The summed E-state index contributed by atoms with van der Waals surface area (Å²) in [4.78, 5) is 0. The molecule has 1 aromatic carbocycles. The number of hydrogen-bond donors (Lipinski definition) is 0. The highest BCUT2D eigenvalue weighted by molar-refractivity contribution is 5.69. The molecule has 0 heterocycles. The summed E-state index contributed by atoms with van der Waals surface area (Å²) in [5.41, 5.74) is 5.98. The van der Waals surface area contributed by atoms with E-state index < -0.39 is 0 Å². The number of benzene rings is 1. The van der Waals surface area contributed by atoms with Crippen molar-refractivity contribution >= 4 is 5.57 Å². The molecule has 1 atom stereocenters. The maximum absolute atomic E-state index is 3.97. The number of allylic oxidation sites excluding steroid dienone is 3. The molecular formula is C22H30. The Morgan fingerprint density at radius 3 is 2.41 bits per heavy atom. The lowest BCUT2D eigenvalue weighted by Crippen LogP contribution is -2.22. The van der Waals surface area contributed by atoms with Gasteiger partial charge in [0.05, 0.1) is 0 Å².